The quantitative estimate of drug-likeness (QED) is 0.632. The molecule has 9 heteroatoms. The third-order valence-electron chi connectivity index (χ3n) is 2.40. The summed E-state index contributed by atoms with van der Waals surface area (Å²) >= 11 is 5.62. The summed E-state index contributed by atoms with van der Waals surface area (Å²) in [6, 6.07) is 1.21. The van der Waals surface area contributed by atoms with Crippen molar-refractivity contribution in [2.75, 3.05) is 5.32 Å². The summed E-state index contributed by atoms with van der Waals surface area (Å²) in [4.78, 5) is 33.2. The molecule has 0 aliphatic heterocycles. The van der Waals surface area contributed by atoms with Crippen molar-refractivity contribution < 1.29 is 23.9 Å². The molecule has 0 unspecified atom stereocenters. The summed E-state index contributed by atoms with van der Waals surface area (Å²) in [5.74, 6) is -2.65. The lowest BCUT2D eigenvalue weighted by atomic mass is 10.1. The van der Waals surface area contributed by atoms with E-state index in [1.165, 1.54) is 6.07 Å². The summed E-state index contributed by atoms with van der Waals surface area (Å²) in [5.41, 5.74) is 4.98. The predicted octanol–water partition coefficient (Wildman–Crippen LogP) is 1.32. The number of rotatable bonds is 6. The number of carbonyl (C=O) groups is 3. The van der Waals surface area contributed by atoms with Crippen LogP contribution in [0.2, 0.25) is 5.02 Å². The van der Waals surface area contributed by atoms with Gasteiger partial charge in [0.1, 0.15) is 11.9 Å². The molecule has 0 saturated carbocycles. The minimum atomic E-state index is -1.32. The van der Waals surface area contributed by atoms with E-state index in [-0.39, 0.29) is 23.6 Å². The number of amides is 3. The Bertz CT molecular complexity index is 547. The molecule has 7 nitrogen and oxygen atoms in total. The van der Waals surface area contributed by atoms with Crippen molar-refractivity contribution in [2.24, 2.45) is 5.73 Å². The summed E-state index contributed by atoms with van der Waals surface area (Å²) in [6.07, 6.45) is -0.342. The lowest BCUT2D eigenvalue weighted by Gasteiger charge is -2.14. The zero-order chi connectivity index (χ0) is 16.0. The van der Waals surface area contributed by atoms with E-state index in [2.05, 4.69) is 10.6 Å². The second-order valence-corrected chi connectivity index (χ2v) is 4.59. The Morgan fingerprint density at radius 2 is 2.00 bits per heavy atom. The fourth-order valence-corrected chi connectivity index (χ4v) is 1.72. The van der Waals surface area contributed by atoms with Crippen molar-refractivity contribution in [1.82, 2.24) is 5.32 Å². The molecule has 1 aromatic rings. The lowest BCUT2D eigenvalue weighted by Crippen LogP contribution is -2.43. The molecule has 0 saturated heterocycles. The highest BCUT2D eigenvalue weighted by Gasteiger charge is 2.20. The summed E-state index contributed by atoms with van der Waals surface area (Å²) in [5, 5.41) is 13.4. The van der Waals surface area contributed by atoms with E-state index >= 15 is 0 Å². The van der Waals surface area contributed by atoms with Gasteiger partial charge in [-0.05, 0) is 24.6 Å². The molecule has 3 amide bonds. The lowest BCUT2D eigenvalue weighted by molar-refractivity contribution is -0.139. The molecule has 1 atom stereocenters. The van der Waals surface area contributed by atoms with E-state index in [4.69, 9.17) is 22.4 Å². The third kappa shape index (κ3) is 6.09. The first-order valence-corrected chi connectivity index (χ1v) is 6.20. The summed E-state index contributed by atoms with van der Waals surface area (Å²) in [7, 11) is 0. The molecule has 1 rings (SSSR count). The van der Waals surface area contributed by atoms with Crippen LogP contribution in [0.4, 0.5) is 14.9 Å². The predicted molar refractivity (Wildman–Crippen MR) is 73.4 cm³/mol. The number of anilines is 1. The topological polar surface area (TPSA) is 122 Å². The third-order valence-corrected chi connectivity index (χ3v) is 2.62. The van der Waals surface area contributed by atoms with Gasteiger partial charge in [0.2, 0.25) is 5.91 Å². The number of hydrogen-bond acceptors (Lipinski definition) is 3. The molecule has 0 aliphatic carbocycles. The molecule has 0 fully saturated rings. The molecule has 0 heterocycles. The zero-order valence-corrected chi connectivity index (χ0v) is 11.5. The molecular formula is C12H13ClFN3O4. The van der Waals surface area contributed by atoms with Crippen LogP contribution in [0, 0.1) is 5.82 Å². The Balaban J connectivity index is 2.65. The van der Waals surface area contributed by atoms with E-state index in [1.54, 1.807) is 0 Å². The first-order chi connectivity index (χ1) is 9.77. The first kappa shape index (κ1) is 16.7. The maximum absolute atomic E-state index is 13.1. The number of urea groups is 1. The molecule has 0 bridgehead atoms. The van der Waals surface area contributed by atoms with Gasteiger partial charge in [-0.2, -0.15) is 0 Å². The maximum Gasteiger partial charge on any atom is 0.326 e. The highest BCUT2D eigenvalue weighted by molar-refractivity contribution is 6.30. The van der Waals surface area contributed by atoms with Crippen molar-refractivity contribution in [2.45, 2.75) is 18.9 Å². The van der Waals surface area contributed by atoms with Crippen LogP contribution >= 0.6 is 11.6 Å². The average Bonchev–Trinajstić information content (AvgIpc) is 2.32. The average molecular weight is 318 g/mol. The van der Waals surface area contributed by atoms with Gasteiger partial charge >= 0.3 is 12.0 Å². The zero-order valence-electron chi connectivity index (χ0n) is 10.7. The number of carbonyl (C=O) groups excluding carboxylic acids is 2. The van der Waals surface area contributed by atoms with Crippen molar-refractivity contribution >= 4 is 35.2 Å². The van der Waals surface area contributed by atoms with E-state index in [9.17, 15) is 18.8 Å². The van der Waals surface area contributed by atoms with Crippen LogP contribution in [0.5, 0.6) is 0 Å². The Morgan fingerprint density at radius 1 is 1.33 bits per heavy atom. The number of halogens is 2. The van der Waals surface area contributed by atoms with Crippen molar-refractivity contribution in [3.8, 4) is 0 Å². The van der Waals surface area contributed by atoms with Crippen molar-refractivity contribution in [3.05, 3.63) is 29.0 Å². The number of hydrogen-bond donors (Lipinski definition) is 4. The van der Waals surface area contributed by atoms with Crippen LogP contribution in [0.25, 0.3) is 0 Å². The fraction of sp³-hybridized carbons (Fsp3) is 0.250. The standard InChI is InChI=1S/C12H13ClFN3O4/c13-6-3-7(14)5-8(4-6)16-12(21)17-9(11(19)20)1-2-10(15)18/h3-5,9H,1-2H2,(H2,15,18)(H,19,20)(H2,16,17,21)/t9-/m0/s1. The molecular weight excluding hydrogens is 305 g/mol. The Hall–Kier alpha value is -2.35. The van der Waals surface area contributed by atoms with Crippen molar-refractivity contribution in [3.63, 3.8) is 0 Å². The van der Waals surface area contributed by atoms with Crippen LogP contribution in [0.3, 0.4) is 0 Å². The number of nitrogens with two attached hydrogens (primary N) is 1. The van der Waals surface area contributed by atoms with Crippen LogP contribution < -0.4 is 16.4 Å². The number of aliphatic carboxylic acids is 1. The highest BCUT2D eigenvalue weighted by atomic mass is 35.5. The molecule has 0 aliphatic rings. The molecule has 114 valence electrons. The van der Waals surface area contributed by atoms with Crippen LogP contribution in [-0.2, 0) is 9.59 Å². The molecule has 0 spiro atoms. The van der Waals surface area contributed by atoms with Gasteiger partial charge in [-0.1, -0.05) is 11.6 Å². The molecule has 1 aromatic carbocycles. The minimum Gasteiger partial charge on any atom is -0.480 e. The monoisotopic (exact) mass is 317 g/mol. The highest BCUT2D eigenvalue weighted by Crippen LogP contribution is 2.17. The largest absolute Gasteiger partial charge is 0.480 e. The van der Waals surface area contributed by atoms with Gasteiger partial charge < -0.3 is 21.5 Å². The Kier molecular flexibility index (Phi) is 5.92. The Labute approximate surface area is 124 Å². The first-order valence-electron chi connectivity index (χ1n) is 5.82. The van der Waals surface area contributed by atoms with Gasteiger partial charge in [-0.25, -0.2) is 14.0 Å². The van der Waals surface area contributed by atoms with Gasteiger partial charge in [0.05, 0.1) is 0 Å². The Morgan fingerprint density at radius 3 is 2.52 bits per heavy atom. The van der Waals surface area contributed by atoms with Gasteiger partial charge in [0, 0.05) is 17.1 Å². The van der Waals surface area contributed by atoms with Crippen LogP contribution in [-0.4, -0.2) is 29.1 Å². The summed E-state index contributed by atoms with van der Waals surface area (Å²) in [6.45, 7) is 0. The van der Waals surface area contributed by atoms with Crippen LogP contribution in [0.15, 0.2) is 18.2 Å². The molecule has 5 N–H and O–H groups in total. The second kappa shape index (κ2) is 7.44. The van der Waals surface area contributed by atoms with Crippen LogP contribution in [0.1, 0.15) is 12.8 Å². The number of carboxylic acid groups (broad SMARTS) is 1. The maximum atomic E-state index is 13.1. The number of primary amides is 1. The minimum absolute atomic E-state index is 0.0662. The van der Waals surface area contributed by atoms with Gasteiger partial charge in [-0.15, -0.1) is 0 Å². The van der Waals surface area contributed by atoms with Gasteiger partial charge in [0.25, 0.3) is 0 Å². The van der Waals surface area contributed by atoms with Gasteiger partial charge in [0.15, 0.2) is 0 Å². The molecule has 0 radical (unpaired) electrons. The molecule has 0 aromatic heterocycles. The fourth-order valence-electron chi connectivity index (χ4n) is 1.50. The SMILES string of the molecule is NC(=O)CC[C@H](NC(=O)Nc1cc(F)cc(Cl)c1)C(=O)O. The van der Waals surface area contributed by atoms with Crippen molar-refractivity contribution in [1.29, 1.82) is 0 Å². The number of carboxylic acids is 1. The second-order valence-electron chi connectivity index (χ2n) is 4.15. The normalized spacial score (nSPS) is 11.5. The van der Waals surface area contributed by atoms with E-state index < -0.39 is 29.8 Å². The van der Waals surface area contributed by atoms with E-state index in [1.807, 2.05) is 0 Å². The molecule has 21 heavy (non-hydrogen) atoms. The smallest absolute Gasteiger partial charge is 0.326 e. The summed E-state index contributed by atoms with van der Waals surface area (Å²) < 4.78 is 13.1. The van der Waals surface area contributed by atoms with E-state index in [0.717, 1.165) is 12.1 Å². The number of benzene rings is 1. The van der Waals surface area contributed by atoms with Gasteiger partial charge in [-0.3, -0.25) is 4.79 Å². The van der Waals surface area contributed by atoms with E-state index in [0.29, 0.717) is 0 Å². The number of nitrogens with one attached hydrogen (secondary N) is 2.